The number of ether oxygens (including phenoxy) is 1. The fraction of sp³-hybridized carbons (Fsp3) is 0.526. The van der Waals surface area contributed by atoms with Gasteiger partial charge in [0.25, 0.3) is 0 Å². The second kappa shape index (κ2) is 10.1. The Labute approximate surface area is 164 Å². The molecule has 23 heavy (non-hydrogen) atoms. The Morgan fingerprint density at radius 2 is 1.61 bits per heavy atom. The summed E-state index contributed by atoms with van der Waals surface area (Å²) in [6, 6.07) is 6.70. The summed E-state index contributed by atoms with van der Waals surface area (Å²) in [5.41, 5.74) is 1.40. The summed E-state index contributed by atoms with van der Waals surface area (Å²) >= 11 is 0. The van der Waals surface area contributed by atoms with Gasteiger partial charge in [-0.3, -0.25) is 0 Å². The van der Waals surface area contributed by atoms with Crippen LogP contribution in [0.25, 0.3) is 0 Å². The van der Waals surface area contributed by atoms with Gasteiger partial charge in [-0.05, 0) is 15.9 Å². The predicted octanol–water partition coefficient (Wildman–Crippen LogP) is 2.33. The van der Waals surface area contributed by atoms with Gasteiger partial charge < -0.3 is 17.1 Å². The molecule has 1 aliphatic rings. The van der Waals surface area contributed by atoms with E-state index in [1.165, 1.54) is 22.7 Å². The van der Waals surface area contributed by atoms with Crippen molar-refractivity contribution in [2.75, 3.05) is 6.61 Å². The maximum atomic E-state index is 5.92. The molecule has 0 bridgehead atoms. The SMILES string of the molecule is C=C[CH2-].CC(C)(C)P(c1cccc2c1OCC2)C(C)(C)C.[Cl-].[Pd+2]. The van der Waals surface area contributed by atoms with Crippen LogP contribution in [0.5, 0.6) is 5.75 Å². The quantitative estimate of drug-likeness (QED) is 0.365. The van der Waals surface area contributed by atoms with Crippen molar-refractivity contribution in [3.63, 3.8) is 0 Å². The van der Waals surface area contributed by atoms with Gasteiger partial charge in [-0.2, -0.15) is 0 Å². The average molecular weight is 447 g/mol. The van der Waals surface area contributed by atoms with E-state index in [1.807, 2.05) is 0 Å². The number of allylic oxidation sites excluding steroid dienone is 1. The molecule has 0 fully saturated rings. The van der Waals surface area contributed by atoms with Gasteiger partial charge in [0.1, 0.15) is 5.75 Å². The van der Waals surface area contributed by atoms with Gasteiger partial charge in [0, 0.05) is 11.7 Å². The van der Waals surface area contributed by atoms with Gasteiger partial charge >= 0.3 is 20.4 Å². The largest absolute Gasteiger partial charge is 2.00 e. The maximum Gasteiger partial charge on any atom is 2.00 e. The molecule has 1 heterocycles. The first-order valence-electron chi connectivity index (χ1n) is 7.58. The zero-order valence-electron chi connectivity index (χ0n) is 15.2. The van der Waals surface area contributed by atoms with Crippen LogP contribution in [0, 0.1) is 6.92 Å². The van der Waals surface area contributed by atoms with Gasteiger partial charge in [-0.1, -0.05) is 67.7 Å². The van der Waals surface area contributed by atoms with Crippen LogP contribution >= 0.6 is 7.92 Å². The van der Waals surface area contributed by atoms with E-state index in [9.17, 15) is 0 Å². The van der Waals surface area contributed by atoms with Crippen molar-refractivity contribution in [1.82, 2.24) is 0 Å². The van der Waals surface area contributed by atoms with Crippen molar-refractivity contribution in [2.45, 2.75) is 58.3 Å². The minimum Gasteiger partial charge on any atom is -1.00 e. The molecule has 0 spiro atoms. The molecular formula is C19H30ClOPPd. The van der Waals surface area contributed by atoms with Crippen molar-refractivity contribution in [3.8, 4) is 5.75 Å². The topological polar surface area (TPSA) is 9.23 Å². The molecule has 0 radical (unpaired) electrons. The fourth-order valence-electron chi connectivity index (χ4n) is 3.10. The Morgan fingerprint density at radius 1 is 1.13 bits per heavy atom. The maximum absolute atomic E-state index is 5.92. The standard InChI is InChI=1S/C16H25OP.C3H5.ClH.Pd/c1-15(2,3)18(16(4,5)6)13-9-7-8-12-10-11-17-14(12)13;1-3-2;;/h7-9H,10-11H2,1-6H3;3H,1-2H2;1H;/q;-1;;+2/p-1. The Kier molecular flexibility index (Phi) is 11.1. The van der Waals surface area contributed by atoms with Crippen LogP contribution in [0.1, 0.15) is 47.1 Å². The first-order valence-corrected chi connectivity index (χ1v) is 8.92. The molecule has 0 aromatic heterocycles. The van der Waals surface area contributed by atoms with E-state index >= 15 is 0 Å². The molecule has 0 N–H and O–H groups in total. The molecule has 0 saturated carbocycles. The number of para-hydroxylation sites is 1. The van der Waals surface area contributed by atoms with Gasteiger partial charge in [0.15, 0.2) is 0 Å². The van der Waals surface area contributed by atoms with Crippen LogP contribution in [-0.4, -0.2) is 16.9 Å². The van der Waals surface area contributed by atoms with Crippen LogP contribution in [0.15, 0.2) is 30.9 Å². The Balaban J connectivity index is 0. The molecule has 0 atom stereocenters. The Hall–Kier alpha value is 0.0123. The summed E-state index contributed by atoms with van der Waals surface area (Å²) in [5, 5.41) is 2.06. The third-order valence-electron chi connectivity index (χ3n) is 3.28. The summed E-state index contributed by atoms with van der Waals surface area (Å²) < 4.78 is 5.92. The van der Waals surface area contributed by atoms with Crippen LogP contribution < -0.4 is 22.4 Å². The monoisotopic (exact) mass is 446 g/mol. The van der Waals surface area contributed by atoms with E-state index < -0.39 is 0 Å². The normalized spacial score (nSPS) is 12.8. The number of hydrogen-bond acceptors (Lipinski definition) is 1. The van der Waals surface area contributed by atoms with E-state index in [0.717, 1.165) is 13.0 Å². The van der Waals surface area contributed by atoms with E-state index in [1.54, 1.807) is 0 Å². The van der Waals surface area contributed by atoms with Gasteiger partial charge in [-0.15, -0.1) is 0 Å². The zero-order valence-corrected chi connectivity index (χ0v) is 18.4. The summed E-state index contributed by atoms with van der Waals surface area (Å²) in [6.07, 6.45) is 2.57. The smallest absolute Gasteiger partial charge is 1.00 e. The zero-order chi connectivity index (χ0) is 16.3. The number of hydrogen-bond donors (Lipinski definition) is 0. The van der Waals surface area contributed by atoms with Crippen LogP contribution in [0.2, 0.25) is 0 Å². The van der Waals surface area contributed by atoms with E-state index in [-0.39, 0.29) is 40.8 Å². The number of fused-ring (bicyclic) bond motifs is 1. The number of benzene rings is 1. The molecule has 0 saturated heterocycles. The second-order valence-corrected chi connectivity index (χ2v) is 11.2. The molecule has 1 nitrogen and oxygen atoms in total. The molecule has 4 heteroatoms. The van der Waals surface area contributed by atoms with Crippen LogP contribution in [-0.2, 0) is 26.8 Å². The van der Waals surface area contributed by atoms with Crippen molar-refractivity contribution in [3.05, 3.63) is 43.3 Å². The molecule has 0 aliphatic carbocycles. The molecule has 2 rings (SSSR count). The second-order valence-electron chi connectivity index (χ2n) is 7.33. The molecule has 134 valence electrons. The summed E-state index contributed by atoms with van der Waals surface area (Å²) in [4.78, 5) is 0. The number of rotatable bonds is 1. The van der Waals surface area contributed by atoms with Crippen molar-refractivity contribution >= 4 is 13.2 Å². The van der Waals surface area contributed by atoms with Gasteiger partial charge in [0.2, 0.25) is 0 Å². The van der Waals surface area contributed by atoms with Crippen LogP contribution in [0.3, 0.4) is 0 Å². The first-order chi connectivity index (χ1) is 9.62. The summed E-state index contributed by atoms with van der Waals surface area (Å²) in [6.45, 7) is 21.5. The third-order valence-corrected chi connectivity index (χ3v) is 6.79. The number of halogens is 1. The third kappa shape index (κ3) is 6.80. The molecular weight excluding hydrogens is 417 g/mol. The van der Waals surface area contributed by atoms with E-state index in [4.69, 9.17) is 4.74 Å². The Bertz CT molecular complexity index is 475. The molecule has 1 aromatic carbocycles. The minimum absolute atomic E-state index is 0. The minimum atomic E-state index is -0.266. The average Bonchev–Trinajstić information content (AvgIpc) is 2.75. The van der Waals surface area contributed by atoms with Crippen LogP contribution in [0.4, 0.5) is 0 Å². The molecule has 0 unspecified atom stereocenters. The summed E-state index contributed by atoms with van der Waals surface area (Å²) in [7, 11) is -0.266. The molecule has 1 aromatic rings. The van der Waals surface area contributed by atoms with E-state index in [0.29, 0.717) is 10.3 Å². The predicted molar refractivity (Wildman–Crippen MR) is 97.3 cm³/mol. The van der Waals surface area contributed by atoms with Crippen molar-refractivity contribution in [2.24, 2.45) is 0 Å². The van der Waals surface area contributed by atoms with Crippen molar-refractivity contribution < 1.29 is 37.6 Å². The summed E-state index contributed by atoms with van der Waals surface area (Å²) in [5.74, 6) is 1.19. The van der Waals surface area contributed by atoms with Crippen molar-refractivity contribution in [1.29, 1.82) is 0 Å². The Morgan fingerprint density at radius 3 is 2.04 bits per heavy atom. The van der Waals surface area contributed by atoms with E-state index in [2.05, 4.69) is 73.2 Å². The molecule has 0 amide bonds. The molecule has 1 aliphatic heterocycles. The first kappa shape index (κ1) is 25.3. The van der Waals surface area contributed by atoms with Gasteiger partial charge in [0.05, 0.1) is 6.61 Å². The van der Waals surface area contributed by atoms with Gasteiger partial charge in [-0.25, -0.2) is 19.6 Å². The fourth-order valence-corrected chi connectivity index (χ4v) is 7.21.